The number of methoxy groups -OCH3 is 1. The Bertz CT molecular complexity index is 827. The summed E-state index contributed by atoms with van der Waals surface area (Å²) in [5, 5.41) is 4.19. The molecule has 1 aliphatic heterocycles. The molecule has 0 spiro atoms. The van der Waals surface area contributed by atoms with Gasteiger partial charge in [0.1, 0.15) is 0 Å². The summed E-state index contributed by atoms with van der Waals surface area (Å²) in [5.74, 6) is 0.153. The van der Waals surface area contributed by atoms with Crippen molar-refractivity contribution in [3.63, 3.8) is 0 Å². The molecule has 124 valence electrons. The summed E-state index contributed by atoms with van der Waals surface area (Å²) < 4.78 is 6.53. The largest absolute Gasteiger partial charge is 0.465 e. The van der Waals surface area contributed by atoms with E-state index in [1.54, 1.807) is 10.7 Å². The molecule has 6 heteroatoms. The summed E-state index contributed by atoms with van der Waals surface area (Å²) in [4.78, 5) is 26.3. The van der Waals surface area contributed by atoms with Gasteiger partial charge in [-0.1, -0.05) is 0 Å². The van der Waals surface area contributed by atoms with Crippen LogP contribution in [0.25, 0.3) is 0 Å². The van der Waals surface area contributed by atoms with E-state index in [2.05, 4.69) is 5.10 Å². The maximum Gasteiger partial charge on any atom is 0.337 e. The number of esters is 1. The topological polar surface area (TPSA) is 64.4 Å². The zero-order valence-electron chi connectivity index (χ0n) is 13.7. The van der Waals surface area contributed by atoms with Gasteiger partial charge in [-0.3, -0.25) is 9.48 Å². The molecule has 0 saturated heterocycles. The molecule has 0 bridgehead atoms. The van der Waals surface area contributed by atoms with Gasteiger partial charge in [-0.25, -0.2) is 4.79 Å². The fraction of sp³-hybridized carbons (Fsp3) is 0.389. The summed E-state index contributed by atoms with van der Waals surface area (Å²) in [7, 11) is 3.26. The second kappa shape index (κ2) is 5.47. The van der Waals surface area contributed by atoms with Crippen LogP contribution in [0.3, 0.4) is 0 Å². The van der Waals surface area contributed by atoms with Crippen molar-refractivity contribution in [2.75, 3.05) is 18.6 Å². The quantitative estimate of drug-likeness (QED) is 0.809. The van der Waals surface area contributed by atoms with E-state index in [0.29, 0.717) is 12.1 Å². The molecule has 2 aromatic rings. The second-order valence-electron chi connectivity index (χ2n) is 6.47. The van der Waals surface area contributed by atoms with E-state index in [1.165, 1.54) is 7.11 Å². The third-order valence-electron chi connectivity index (χ3n) is 4.92. The lowest BCUT2D eigenvalue weighted by atomic mass is 10.1. The Morgan fingerprint density at radius 1 is 1.33 bits per heavy atom. The van der Waals surface area contributed by atoms with E-state index >= 15 is 0 Å². The average Bonchev–Trinajstić information content (AvgIpc) is 3.09. The smallest absolute Gasteiger partial charge is 0.337 e. The normalized spacial score (nSPS) is 21.5. The fourth-order valence-corrected chi connectivity index (χ4v) is 3.54. The number of hydrogen-bond acceptors (Lipinski definition) is 4. The van der Waals surface area contributed by atoms with Gasteiger partial charge in [0.05, 0.1) is 18.9 Å². The second-order valence-corrected chi connectivity index (χ2v) is 6.47. The number of carbonyl (C=O) groups is 2. The van der Waals surface area contributed by atoms with Crippen molar-refractivity contribution in [2.24, 2.45) is 13.0 Å². The summed E-state index contributed by atoms with van der Waals surface area (Å²) in [5.41, 5.74) is 3.62. The molecule has 2 aliphatic rings. The summed E-state index contributed by atoms with van der Waals surface area (Å²) in [6.45, 7) is 0.676. The molecular weight excluding hydrogens is 306 g/mol. The lowest BCUT2D eigenvalue weighted by Gasteiger charge is -2.17. The molecule has 0 N–H and O–H groups in total. The molecule has 1 aliphatic carbocycles. The minimum atomic E-state index is -0.346. The Hall–Kier alpha value is -2.63. The predicted octanol–water partition coefficient (Wildman–Crippen LogP) is 1.90. The van der Waals surface area contributed by atoms with E-state index in [4.69, 9.17) is 4.74 Å². The van der Waals surface area contributed by atoms with Crippen molar-refractivity contribution in [1.29, 1.82) is 0 Å². The van der Waals surface area contributed by atoms with Crippen LogP contribution < -0.4 is 4.90 Å². The Morgan fingerprint density at radius 2 is 2.17 bits per heavy atom. The number of carbonyl (C=O) groups excluding carboxylic acids is 2. The van der Waals surface area contributed by atoms with E-state index in [0.717, 1.165) is 29.7 Å². The highest BCUT2D eigenvalue weighted by atomic mass is 16.5. The van der Waals surface area contributed by atoms with E-state index in [9.17, 15) is 9.59 Å². The zero-order chi connectivity index (χ0) is 16.8. The number of amides is 1. The van der Waals surface area contributed by atoms with Crippen LogP contribution in [0.2, 0.25) is 0 Å². The van der Waals surface area contributed by atoms with Crippen LogP contribution in [0, 0.1) is 5.92 Å². The van der Waals surface area contributed by atoms with Crippen LogP contribution in [0.1, 0.15) is 33.8 Å². The Kier molecular flexibility index (Phi) is 3.40. The van der Waals surface area contributed by atoms with Gasteiger partial charge in [-0.05, 0) is 48.1 Å². The van der Waals surface area contributed by atoms with Crippen LogP contribution >= 0.6 is 0 Å². The molecule has 1 saturated carbocycles. The maximum absolute atomic E-state index is 12.8. The third-order valence-corrected chi connectivity index (χ3v) is 4.92. The van der Waals surface area contributed by atoms with Gasteiger partial charge in [0.15, 0.2) is 0 Å². The molecule has 1 fully saturated rings. The van der Waals surface area contributed by atoms with Gasteiger partial charge in [0.25, 0.3) is 0 Å². The Morgan fingerprint density at radius 3 is 2.88 bits per heavy atom. The van der Waals surface area contributed by atoms with Gasteiger partial charge in [-0.2, -0.15) is 5.10 Å². The Balaban J connectivity index is 1.51. The number of benzene rings is 1. The molecule has 1 amide bonds. The van der Waals surface area contributed by atoms with Crippen LogP contribution in [-0.4, -0.2) is 35.3 Å². The first-order valence-corrected chi connectivity index (χ1v) is 8.09. The first-order valence-electron chi connectivity index (χ1n) is 8.09. The van der Waals surface area contributed by atoms with Gasteiger partial charge in [-0.15, -0.1) is 0 Å². The molecule has 4 rings (SSSR count). The van der Waals surface area contributed by atoms with Crippen molar-refractivity contribution in [3.8, 4) is 0 Å². The predicted molar refractivity (Wildman–Crippen MR) is 87.9 cm³/mol. The van der Waals surface area contributed by atoms with Crippen molar-refractivity contribution in [3.05, 3.63) is 47.3 Å². The van der Waals surface area contributed by atoms with E-state index < -0.39 is 0 Å². The van der Waals surface area contributed by atoms with Gasteiger partial charge < -0.3 is 9.64 Å². The van der Waals surface area contributed by atoms with Crippen LogP contribution in [0.4, 0.5) is 5.69 Å². The number of anilines is 1. The maximum atomic E-state index is 12.8. The van der Waals surface area contributed by atoms with E-state index in [1.807, 2.05) is 36.5 Å². The van der Waals surface area contributed by atoms with Crippen molar-refractivity contribution in [1.82, 2.24) is 9.78 Å². The number of ether oxygens (including phenoxy) is 1. The van der Waals surface area contributed by atoms with Gasteiger partial charge in [0, 0.05) is 31.4 Å². The van der Waals surface area contributed by atoms with Crippen LogP contribution in [-0.2, 0) is 23.0 Å². The van der Waals surface area contributed by atoms with Crippen molar-refractivity contribution < 1.29 is 14.3 Å². The highest BCUT2D eigenvalue weighted by molar-refractivity contribution is 6.00. The first kappa shape index (κ1) is 14.9. The number of aromatic nitrogens is 2. The standard InChI is InChI=1S/C18H19N3O3/c1-20-10-13(9-19-20)14-8-15(14)17(22)21-6-5-11-7-12(18(23)24-2)3-4-16(11)21/h3-4,7,9-10,14-15H,5-6,8H2,1-2H3/t14-,15+/m0/s1. The molecule has 0 radical (unpaired) electrons. The number of fused-ring (bicyclic) bond motifs is 1. The van der Waals surface area contributed by atoms with Gasteiger partial charge in [0.2, 0.25) is 5.91 Å². The lowest BCUT2D eigenvalue weighted by Crippen LogP contribution is -2.30. The van der Waals surface area contributed by atoms with E-state index in [-0.39, 0.29) is 23.7 Å². The molecule has 0 unspecified atom stereocenters. The number of nitrogens with zero attached hydrogens (tertiary/aromatic N) is 3. The zero-order valence-corrected chi connectivity index (χ0v) is 13.7. The number of aryl methyl sites for hydroxylation is 1. The highest BCUT2D eigenvalue weighted by Crippen LogP contribution is 2.49. The molecule has 6 nitrogen and oxygen atoms in total. The highest BCUT2D eigenvalue weighted by Gasteiger charge is 2.47. The monoisotopic (exact) mass is 325 g/mol. The summed E-state index contributed by atoms with van der Waals surface area (Å²) in [6.07, 6.45) is 5.49. The summed E-state index contributed by atoms with van der Waals surface area (Å²) in [6, 6.07) is 5.41. The van der Waals surface area contributed by atoms with Crippen LogP contribution in [0.15, 0.2) is 30.6 Å². The SMILES string of the molecule is COC(=O)c1ccc2c(c1)CCN2C(=O)[C@@H]1C[C@H]1c1cnn(C)c1. The molecule has 1 aromatic carbocycles. The summed E-state index contributed by atoms with van der Waals surface area (Å²) >= 11 is 0. The average molecular weight is 325 g/mol. The van der Waals surface area contributed by atoms with Crippen LogP contribution in [0.5, 0.6) is 0 Å². The molecule has 24 heavy (non-hydrogen) atoms. The minimum absolute atomic E-state index is 0.0421. The lowest BCUT2D eigenvalue weighted by molar-refractivity contribution is -0.119. The molecule has 2 heterocycles. The van der Waals surface area contributed by atoms with Gasteiger partial charge >= 0.3 is 5.97 Å². The Labute approximate surface area is 140 Å². The molecular formula is C18H19N3O3. The fourth-order valence-electron chi connectivity index (χ4n) is 3.54. The number of rotatable bonds is 3. The van der Waals surface area contributed by atoms with Crippen molar-refractivity contribution in [2.45, 2.75) is 18.8 Å². The third kappa shape index (κ3) is 2.38. The first-order chi connectivity index (χ1) is 11.6. The number of hydrogen-bond donors (Lipinski definition) is 0. The minimum Gasteiger partial charge on any atom is -0.465 e. The van der Waals surface area contributed by atoms with Crippen molar-refractivity contribution >= 4 is 17.6 Å². The molecule has 1 aromatic heterocycles. The molecule has 2 atom stereocenters.